The van der Waals surface area contributed by atoms with Crippen molar-refractivity contribution in [3.05, 3.63) is 12.2 Å². The number of hydrogen-bond acceptors (Lipinski definition) is 7. The molecule has 3 rings (SSSR count). The summed E-state index contributed by atoms with van der Waals surface area (Å²) in [7, 11) is 1.37. The molecular formula is C34H55N5O7. The van der Waals surface area contributed by atoms with Gasteiger partial charge in [0.2, 0.25) is 17.6 Å². The second-order valence-corrected chi connectivity index (χ2v) is 14.8. The summed E-state index contributed by atoms with van der Waals surface area (Å²) in [6.07, 6.45) is 6.03. The van der Waals surface area contributed by atoms with Gasteiger partial charge in [-0.1, -0.05) is 59.5 Å². The molecule has 2 aliphatic carbocycles. The number of unbranched alkanes of at least 4 members (excludes halogenated alkanes) is 1. The van der Waals surface area contributed by atoms with E-state index in [9.17, 15) is 28.8 Å². The molecule has 1 unspecified atom stereocenters. The Bertz CT molecular complexity index is 1200. The van der Waals surface area contributed by atoms with Crippen LogP contribution in [0, 0.1) is 23.2 Å². The summed E-state index contributed by atoms with van der Waals surface area (Å²) in [6, 6.07) is -4.60. The number of ketones is 1. The standard InChI is InChI=1S/C34H55N5O7/c1-10-11-17-22(27(40)29(42)35-9)36-28(41)26-23-21(34(23,7)8)18-39(26)30(43)25(20-15-13-12-14-16-20)38-32(45)37-24(19(2)3)31(44)46-33(4,5)6/h20-26H,2,10-18H2,1,3-9H3,(H,35,42)(H,36,41)(H2,37,38,45)/t21-,22?,23-,24-,25-,26-/m0/s1. The van der Waals surface area contributed by atoms with E-state index in [1.807, 2.05) is 6.92 Å². The summed E-state index contributed by atoms with van der Waals surface area (Å²) in [5.74, 6) is -3.19. The van der Waals surface area contributed by atoms with Crippen molar-refractivity contribution in [3.63, 3.8) is 0 Å². The van der Waals surface area contributed by atoms with Crippen molar-refractivity contribution in [2.75, 3.05) is 13.6 Å². The third-order valence-electron chi connectivity index (χ3n) is 9.77. The molecule has 0 aromatic rings. The highest BCUT2D eigenvalue weighted by atomic mass is 16.6. The molecule has 0 aromatic heterocycles. The molecule has 3 aliphatic rings. The van der Waals surface area contributed by atoms with Gasteiger partial charge in [-0.05, 0) is 75.7 Å². The van der Waals surface area contributed by atoms with Crippen LogP contribution in [0.25, 0.3) is 0 Å². The second kappa shape index (κ2) is 15.0. The van der Waals surface area contributed by atoms with E-state index in [1.165, 1.54) is 7.05 Å². The predicted octanol–water partition coefficient (Wildman–Crippen LogP) is 2.99. The Balaban J connectivity index is 1.86. The Morgan fingerprint density at radius 1 is 1.00 bits per heavy atom. The van der Waals surface area contributed by atoms with E-state index in [4.69, 9.17) is 4.74 Å². The topological polar surface area (TPSA) is 163 Å². The van der Waals surface area contributed by atoms with Crippen molar-refractivity contribution in [2.24, 2.45) is 23.2 Å². The molecule has 0 spiro atoms. The number of likely N-dealkylation sites (tertiary alicyclic amines) is 1. The van der Waals surface area contributed by atoms with Crippen LogP contribution in [0.4, 0.5) is 4.79 Å². The molecule has 12 nitrogen and oxygen atoms in total. The number of nitrogens with zero attached hydrogens (tertiary/aromatic N) is 1. The summed E-state index contributed by atoms with van der Waals surface area (Å²) in [6.45, 7) is 17.1. The zero-order valence-corrected chi connectivity index (χ0v) is 28.9. The first-order chi connectivity index (χ1) is 21.4. The molecule has 1 saturated heterocycles. The zero-order chi connectivity index (χ0) is 34.6. The molecule has 12 heteroatoms. The van der Waals surface area contributed by atoms with Crippen molar-refractivity contribution in [1.29, 1.82) is 0 Å². The van der Waals surface area contributed by atoms with Gasteiger partial charge < -0.3 is 30.9 Å². The van der Waals surface area contributed by atoms with Crippen LogP contribution < -0.4 is 21.3 Å². The molecule has 0 bridgehead atoms. The molecule has 1 heterocycles. The molecule has 46 heavy (non-hydrogen) atoms. The normalized spacial score (nSPS) is 24.0. The molecule has 4 N–H and O–H groups in total. The second-order valence-electron chi connectivity index (χ2n) is 14.8. The first-order valence-corrected chi connectivity index (χ1v) is 16.8. The summed E-state index contributed by atoms with van der Waals surface area (Å²) in [5, 5.41) is 10.7. The largest absolute Gasteiger partial charge is 0.458 e. The van der Waals surface area contributed by atoms with Crippen LogP contribution in [0.2, 0.25) is 0 Å². The smallest absolute Gasteiger partial charge is 0.333 e. The summed E-state index contributed by atoms with van der Waals surface area (Å²) < 4.78 is 5.47. The van der Waals surface area contributed by atoms with E-state index in [0.29, 0.717) is 25.0 Å². The number of ether oxygens (including phenoxy) is 1. The van der Waals surface area contributed by atoms with E-state index in [1.54, 1.807) is 32.6 Å². The number of Topliss-reactive ketones (excluding diaryl/α,β-unsaturated/α-hetero) is 1. The highest BCUT2D eigenvalue weighted by Crippen LogP contribution is 2.65. The van der Waals surface area contributed by atoms with Gasteiger partial charge in [-0.25, -0.2) is 9.59 Å². The van der Waals surface area contributed by atoms with E-state index in [-0.39, 0.29) is 29.1 Å². The number of carbonyl (C=O) groups excluding carboxylic acids is 6. The van der Waals surface area contributed by atoms with Crippen molar-refractivity contribution in [1.82, 2.24) is 26.2 Å². The third-order valence-corrected chi connectivity index (χ3v) is 9.77. The molecule has 6 atom stereocenters. The Morgan fingerprint density at radius 3 is 2.17 bits per heavy atom. The van der Waals surface area contributed by atoms with E-state index >= 15 is 0 Å². The summed E-state index contributed by atoms with van der Waals surface area (Å²) >= 11 is 0. The van der Waals surface area contributed by atoms with Crippen LogP contribution >= 0.6 is 0 Å². The number of piperidine rings is 1. The van der Waals surface area contributed by atoms with Crippen LogP contribution in [0.1, 0.15) is 99.8 Å². The van der Waals surface area contributed by atoms with Gasteiger partial charge in [0.1, 0.15) is 23.7 Å². The monoisotopic (exact) mass is 645 g/mol. The molecule has 0 radical (unpaired) electrons. The number of nitrogens with one attached hydrogen (secondary N) is 4. The van der Waals surface area contributed by atoms with Gasteiger partial charge in [-0.15, -0.1) is 0 Å². The molecule has 1 aliphatic heterocycles. The number of rotatable bonds is 13. The zero-order valence-electron chi connectivity index (χ0n) is 28.9. The van der Waals surface area contributed by atoms with Gasteiger partial charge in [0.05, 0.1) is 6.04 Å². The molecule has 3 fully saturated rings. The molecule has 0 aromatic carbocycles. The predicted molar refractivity (Wildman–Crippen MR) is 173 cm³/mol. The lowest BCUT2D eigenvalue weighted by Gasteiger charge is -2.37. The Kier molecular flexibility index (Phi) is 12.1. The first kappa shape index (κ1) is 37.0. The molecule has 5 amide bonds. The van der Waals surface area contributed by atoms with Crippen molar-refractivity contribution >= 4 is 35.5 Å². The van der Waals surface area contributed by atoms with Gasteiger partial charge >= 0.3 is 12.0 Å². The van der Waals surface area contributed by atoms with Crippen LogP contribution in [-0.2, 0) is 28.7 Å². The fraction of sp³-hybridized carbons (Fsp3) is 0.765. The van der Waals surface area contributed by atoms with E-state index < -0.39 is 59.4 Å². The number of carbonyl (C=O) groups is 6. The summed E-state index contributed by atoms with van der Waals surface area (Å²) in [4.78, 5) is 81.3. The number of likely N-dealkylation sites (N-methyl/N-ethyl adjacent to an activating group) is 1. The first-order valence-electron chi connectivity index (χ1n) is 16.8. The van der Waals surface area contributed by atoms with Crippen LogP contribution in [0.5, 0.6) is 0 Å². The quantitative estimate of drug-likeness (QED) is 0.136. The van der Waals surface area contributed by atoms with E-state index in [2.05, 4.69) is 41.7 Å². The third kappa shape index (κ3) is 8.67. The van der Waals surface area contributed by atoms with Crippen molar-refractivity contribution < 1.29 is 33.5 Å². The molecule has 258 valence electrons. The minimum Gasteiger partial charge on any atom is -0.458 e. The minimum atomic E-state index is -1.11. The average molecular weight is 646 g/mol. The van der Waals surface area contributed by atoms with Gasteiger partial charge in [0.15, 0.2) is 0 Å². The SMILES string of the molecule is C=C(C)[C@H](NC(=O)N[C@H](C(=O)N1C[C@H]2[C@@H]([C@H]1C(=O)NC(CCCC)C(=O)C(=O)NC)C2(C)C)C1CCCCC1)C(=O)OC(C)(C)C. The van der Waals surface area contributed by atoms with E-state index in [0.717, 1.165) is 38.5 Å². The summed E-state index contributed by atoms with van der Waals surface area (Å²) in [5.41, 5.74) is -0.577. The van der Waals surface area contributed by atoms with Gasteiger partial charge in [-0.3, -0.25) is 19.2 Å². The maximum atomic E-state index is 14.4. The number of fused-ring (bicyclic) bond motifs is 1. The lowest BCUT2D eigenvalue weighted by Crippen LogP contribution is -2.61. The average Bonchev–Trinajstić information content (AvgIpc) is 3.29. The van der Waals surface area contributed by atoms with Crippen LogP contribution in [-0.4, -0.2) is 83.8 Å². The fourth-order valence-electron chi connectivity index (χ4n) is 7.11. The lowest BCUT2D eigenvalue weighted by atomic mass is 9.83. The maximum absolute atomic E-state index is 14.4. The Labute approximate surface area is 273 Å². The highest BCUT2D eigenvalue weighted by Gasteiger charge is 2.69. The molecule has 2 saturated carbocycles. The number of amides is 5. The molecular weight excluding hydrogens is 590 g/mol. The number of urea groups is 1. The van der Waals surface area contributed by atoms with Gasteiger partial charge in [-0.2, -0.15) is 0 Å². The lowest BCUT2D eigenvalue weighted by molar-refractivity contribution is -0.156. The number of hydrogen-bond donors (Lipinski definition) is 4. The fourth-order valence-corrected chi connectivity index (χ4v) is 7.11. The van der Waals surface area contributed by atoms with Gasteiger partial charge in [0.25, 0.3) is 5.91 Å². The Morgan fingerprint density at radius 2 is 1.63 bits per heavy atom. The maximum Gasteiger partial charge on any atom is 0.333 e. The number of esters is 1. The van der Waals surface area contributed by atoms with Crippen molar-refractivity contribution in [2.45, 2.75) is 130 Å². The van der Waals surface area contributed by atoms with Gasteiger partial charge in [0, 0.05) is 13.6 Å². The minimum absolute atomic E-state index is 0.0803. The Hall–Kier alpha value is -3.44. The van der Waals surface area contributed by atoms with Crippen LogP contribution in [0.3, 0.4) is 0 Å². The van der Waals surface area contributed by atoms with Crippen molar-refractivity contribution in [3.8, 4) is 0 Å². The van der Waals surface area contributed by atoms with Crippen LogP contribution in [0.15, 0.2) is 12.2 Å². The highest BCUT2D eigenvalue weighted by molar-refractivity contribution is 6.38.